The summed E-state index contributed by atoms with van der Waals surface area (Å²) in [5.41, 5.74) is 3.53. The van der Waals surface area contributed by atoms with Crippen molar-refractivity contribution < 1.29 is 19.1 Å². The minimum Gasteiger partial charge on any atom is -0.464 e. The highest BCUT2D eigenvalue weighted by Gasteiger charge is 2.37. The molecule has 0 aliphatic carbocycles. The van der Waals surface area contributed by atoms with E-state index in [1.807, 2.05) is 98.8 Å². The lowest BCUT2D eigenvalue weighted by Gasteiger charge is -2.31. The van der Waals surface area contributed by atoms with Gasteiger partial charge in [0.05, 0.1) is 13.2 Å². The number of rotatable bonds is 10. The highest BCUT2D eigenvalue weighted by Crippen LogP contribution is 2.31. The molecule has 3 rings (SSSR count). The first-order valence-electron chi connectivity index (χ1n) is 11.0. The molecule has 0 unspecified atom stereocenters. The van der Waals surface area contributed by atoms with Crippen molar-refractivity contribution in [1.82, 2.24) is 0 Å². The topological polar surface area (TPSA) is 55.8 Å². The Morgan fingerprint density at radius 3 is 1.59 bits per heavy atom. The molecule has 0 aromatic heterocycles. The van der Waals surface area contributed by atoms with Crippen molar-refractivity contribution in [3.05, 3.63) is 84.9 Å². The molecule has 0 bridgehead atoms. The Morgan fingerprint density at radius 2 is 1.09 bits per heavy atom. The number of ether oxygens (including phenoxy) is 2. The summed E-state index contributed by atoms with van der Waals surface area (Å²) in [6.07, 6.45) is 1.33. The van der Waals surface area contributed by atoms with Gasteiger partial charge in [0.15, 0.2) is 0 Å². The lowest BCUT2D eigenvalue weighted by molar-refractivity contribution is -0.156. The fourth-order valence-electron chi connectivity index (χ4n) is 3.35. The maximum Gasteiger partial charge on any atom is 0.340 e. The SMILES string of the molecule is CCCOC(=O)C(C(=O)OCCC)N(c1ccccc1)c1ccc(-c2ccccc2)cc1. The van der Waals surface area contributed by atoms with Crippen molar-refractivity contribution in [1.29, 1.82) is 0 Å². The predicted octanol–water partition coefficient (Wildman–Crippen LogP) is 5.77. The zero-order valence-electron chi connectivity index (χ0n) is 18.6. The molecule has 0 fully saturated rings. The van der Waals surface area contributed by atoms with Gasteiger partial charge in [0.2, 0.25) is 6.04 Å². The highest BCUT2D eigenvalue weighted by atomic mass is 16.6. The average Bonchev–Trinajstić information content (AvgIpc) is 2.85. The first-order valence-corrected chi connectivity index (χ1v) is 11.0. The number of carbonyl (C=O) groups is 2. The molecular formula is C27H29NO4. The van der Waals surface area contributed by atoms with Crippen LogP contribution in [0.4, 0.5) is 11.4 Å². The van der Waals surface area contributed by atoms with Gasteiger partial charge in [-0.1, -0.05) is 74.5 Å². The van der Waals surface area contributed by atoms with Crippen LogP contribution in [0.1, 0.15) is 26.7 Å². The molecule has 0 aliphatic rings. The summed E-state index contributed by atoms with van der Waals surface area (Å²) in [5.74, 6) is -1.24. The van der Waals surface area contributed by atoms with Crippen LogP contribution in [0.5, 0.6) is 0 Å². The van der Waals surface area contributed by atoms with Crippen LogP contribution in [0.15, 0.2) is 84.9 Å². The smallest absolute Gasteiger partial charge is 0.340 e. The summed E-state index contributed by atoms with van der Waals surface area (Å²) in [7, 11) is 0. The second kappa shape index (κ2) is 11.7. The van der Waals surface area contributed by atoms with Gasteiger partial charge in [-0.25, -0.2) is 9.59 Å². The largest absolute Gasteiger partial charge is 0.464 e. The third kappa shape index (κ3) is 5.76. The van der Waals surface area contributed by atoms with E-state index in [1.165, 1.54) is 0 Å². The standard InChI is InChI=1S/C27H29NO4/c1-3-19-31-26(29)25(27(30)32-20-4-2)28(23-13-9-6-10-14-23)24-17-15-22(16-18-24)21-11-7-5-8-12-21/h5-18,25H,3-4,19-20H2,1-2H3. The van der Waals surface area contributed by atoms with Gasteiger partial charge < -0.3 is 14.4 Å². The van der Waals surface area contributed by atoms with Crippen molar-refractivity contribution in [2.45, 2.75) is 32.7 Å². The molecule has 3 aromatic carbocycles. The maximum atomic E-state index is 13.0. The van der Waals surface area contributed by atoms with Crippen molar-refractivity contribution in [2.24, 2.45) is 0 Å². The van der Waals surface area contributed by atoms with E-state index in [2.05, 4.69) is 0 Å². The Balaban J connectivity index is 2.03. The summed E-state index contributed by atoms with van der Waals surface area (Å²) in [6, 6.07) is 25.9. The van der Waals surface area contributed by atoms with E-state index in [0.717, 1.165) is 11.1 Å². The molecule has 166 valence electrons. The van der Waals surface area contributed by atoms with Crippen molar-refractivity contribution in [2.75, 3.05) is 18.1 Å². The summed E-state index contributed by atoms with van der Waals surface area (Å²) >= 11 is 0. The Labute approximate surface area is 189 Å². The summed E-state index contributed by atoms with van der Waals surface area (Å²) in [5, 5.41) is 0. The number of benzene rings is 3. The lowest BCUT2D eigenvalue weighted by Crippen LogP contribution is -2.46. The van der Waals surface area contributed by atoms with Crippen molar-refractivity contribution in [3.63, 3.8) is 0 Å². The Bertz CT molecular complexity index is 967. The second-order valence-electron chi connectivity index (χ2n) is 7.36. The van der Waals surface area contributed by atoms with E-state index in [4.69, 9.17) is 9.47 Å². The monoisotopic (exact) mass is 431 g/mol. The number of nitrogens with zero attached hydrogens (tertiary/aromatic N) is 1. The van der Waals surface area contributed by atoms with Crippen molar-refractivity contribution >= 4 is 23.3 Å². The van der Waals surface area contributed by atoms with Crippen molar-refractivity contribution in [3.8, 4) is 11.1 Å². The van der Waals surface area contributed by atoms with E-state index in [-0.39, 0.29) is 13.2 Å². The average molecular weight is 432 g/mol. The van der Waals surface area contributed by atoms with E-state index >= 15 is 0 Å². The van der Waals surface area contributed by atoms with Gasteiger partial charge in [0.25, 0.3) is 0 Å². The fraction of sp³-hybridized carbons (Fsp3) is 0.259. The zero-order valence-corrected chi connectivity index (χ0v) is 18.6. The van der Waals surface area contributed by atoms with Crippen LogP contribution in [0.2, 0.25) is 0 Å². The van der Waals surface area contributed by atoms with E-state index in [1.54, 1.807) is 4.90 Å². The molecule has 0 spiro atoms. The molecular weight excluding hydrogens is 402 g/mol. The third-order valence-corrected chi connectivity index (χ3v) is 4.89. The Kier molecular flexibility index (Phi) is 8.44. The van der Waals surface area contributed by atoms with Crippen LogP contribution >= 0.6 is 0 Å². The van der Waals surface area contributed by atoms with Crippen LogP contribution < -0.4 is 4.90 Å². The summed E-state index contributed by atoms with van der Waals surface area (Å²) in [4.78, 5) is 27.7. The van der Waals surface area contributed by atoms with Crippen LogP contribution in [0.25, 0.3) is 11.1 Å². The van der Waals surface area contributed by atoms with E-state index in [0.29, 0.717) is 24.2 Å². The first kappa shape index (κ1) is 23.1. The van der Waals surface area contributed by atoms with Gasteiger partial charge in [-0.15, -0.1) is 0 Å². The molecule has 3 aromatic rings. The Morgan fingerprint density at radius 1 is 0.656 bits per heavy atom. The second-order valence-corrected chi connectivity index (χ2v) is 7.36. The first-order chi connectivity index (χ1) is 15.7. The minimum atomic E-state index is -1.24. The van der Waals surface area contributed by atoms with Gasteiger partial charge in [0, 0.05) is 11.4 Å². The molecule has 5 nitrogen and oxygen atoms in total. The molecule has 0 saturated carbocycles. The van der Waals surface area contributed by atoms with Gasteiger partial charge in [-0.3, -0.25) is 0 Å². The van der Waals surface area contributed by atoms with E-state index < -0.39 is 18.0 Å². The summed E-state index contributed by atoms with van der Waals surface area (Å²) < 4.78 is 10.8. The number of anilines is 2. The molecule has 5 heteroatoms. The molecule has 0 amide bonds. The predicted molar refractivity (Wildman–Crippen MR) is 127 cm³/mol. The number of hydrogen-bond acceptors (Lipinski definition) is 5. The highest BCUT2D eigenvalue weighted by molar-refractivity contribution is 6.04. The normalized spacial score (nSPS) is 10.6. The van der Waals surface area contributed by atoms with Gasteiger partial charge >= 0.3 is 11.9 Å². The summed E-state index contributed by atoms with van der Waals surface area (Å²) in [6.45, 7) is 4.31. The lowest BCUT2D eigenvalue weighted by atomic mass is 10.0. The van der Waals surface area contributed by atoms with Crippen LogP contribution in [0.3, 0.4) is 0 Å². The molecule has 0 aliphatic heterocycles. The van der Waals surface area contributed by atoms with Crippen LogP contribution in [-0.2, 0) is 19.1 Å². The number of hydrogen-bond donors (Lipinski definition) is 0. The number of para-hydroxylation sites is 1. The third-order valence-electron chi connectivity index (χ3n) is 4.89. The van der Waals surface area contributed by atoms with Crippen LogP contribution in [0, 0.1) is 0 Å². The van der Waals surface area contributed by atoms with Gasteiger partial charge in [-0.05, 0) is 48.2 Å². The van der Waals surface area contributed by atoms with Gasteiger partial charge in [-0.2, -0.15) is 0 Å². The number of esters is 2. The van der Waals surface area contributed by atoms with Crippen LogP contribution in [-0.4, -0.2) is 31.2 Å². The molecule has 0 heterocycles. The molecule has 32 heavy (non-hydrogen) atoms. The number of carbonyl (C=O) groups excluding carboxylic acids is 2. The van der Waals surface area contributed by atoms with Gasteiger partial charge in [0.1, 0.15) is 0 Å². The minimum absolute atomic E-state index is 0.242. The molecule has 0 atom stereocenters. The maximum absolute atomic E-state index is 13.0. The quantitative estimate of drug-likeness (QED) is 0.301. The molecule has 0 N–H and O–H groups in total. The fourth-order valence-corrected chi connectivity index (χ4v) is 3.35. The molecule has 0 saturated heterocycles. The Hall–Kier alpha value is -3.60. The zero-order chi connectivity index (χ0) is 22.8. The molecule has 0 radical (unpaired) electrons. The van der Waals surface area contributed by atoms with E-state index in [9.17, 15) is 9.59 Å².